The normalized spacial score (nSPS) is 11.1. The summed E-state index contributed by atoms with van der Waals surface area (Å²) >= 11 is 0. The number of nitrogens with zero attached hydrogens (tertiary/aromatic N) is 2. The van der Waals surface area contributed by atoms with Gasteiger partial charge in [-0.1, -0.05) is 26.2 Å². The van der Waals surface area contributed by atoms with Crippen LogP contribution in [0.2, 0.25) is 0 Å². The number of pyridine rings is 1. The lowest BCUT2D eigenvalue weighted by molar-refractivity contribution is 0.0953. The summed E-state index contributed by atoms with van der Waals surface area (Å²) in [5.41, 5.74) is 2.84. The second-order valence-corrected chi connectivity index (χ2v) is 7.25. The number of hydrogen-bond acceptors (Lipinski definition) is 5. The molecular weight excluding hydrogens is 382 g/mol. The highest BCUT2D eigenvalue weighted by Crippen LogP contribution is 2.27. The third kappa shape index (κ3) is 6.47. The molecule has 0 aliphatic carbocycles. The number of rotatable bonds is 11. The van der Waals surface area contributed by atoms with Crippen molar-refractivity contribution in [3.05, 3.63) is 58.0 Å². The molecule has 30 heavy (non-hydrogen) atoms. The number of hydrogen-bond donors (Lipinski definition) is 1. The Hall–Kier alpha value is -3.09. The average molecular weight is 414 g/mol. The summed E-state index contributed by atoms with van der Waals surface area (Å²) in [7, 11) is 1.58. The van der Waals surface area contributed by atoms with Crippen molar-refractivity contribution in [3.63, 3.8) is 0 Å². The zero-order chi connectivity index (χ0) is 21.9. The number of nitrogens with one attached hydrogen (secondary N) is 1. The third-order valence-corrected chi connectivity index (χ3v) is 4.60. The number of carbonyl (C=O) groups is 1. The van der Waals surface area contributed by atoms with Gasteiger partial charge < -0.3 is 14.0 Å². The van der Waals surface area contributed by atoms with Crippen molar-refractivity contribution in [3.8, 4) is 11.5 Å². The molecule has 1 aromatic carbocycles. The van der Waals surface area contributed by atoms with E-state index in [1.54, 1.807) is 25.4 Å². The Kier molecular flexibility index (Phi) is 9.12. The van der Waals surface area contributed by atoms with E-state index in [2.05, 4.69) is 17.5 Å². The average Bonchev–Trinajstić information content (AvgIpc) is 2.74. The summed E-state index contributed by atoms with van der Waals surface area (Å²) in [5, 5.41) is 3.97. The molecule has 0 bridgehead atoms. The Balaban J connectivity index is 2.00. The Morgan fingerprint density at radius 1 is 1.20 bits per heavy atom. The number of hydrazone groups is 1. The summed E-state index contributed by atoms with van der Waals surface area (Å²) in [6.07, 6.45) is 7.70. The number of aromatic nitrogens is 1. The standard InChI is InChI=1S/C23H31N3O4/c1-5-6-7-8-14-30-20-12-11-18(15-21(20)29-4)16-24-25-22(27)19-10-9-13-26(17(2)3)23(19)28/h9-13,15-17H,5-8,14H2,1-4H3,(H,25,27)/b24-16-. The smallest absolute Gasteiger partial charge is 0.276 e. The lowest BCUT2D eigenvalue weighted by atomic mass is 10.2. The summed E-state index contributed by atoms with van der Waals surface area (Å²) < 4.78 is 12.7. The highest BCUT2D eigenvalue weighted by atomic mass is 16.5. The predicted molar refractivity (Wildman–Crippen MR) is 119 cm³/mol. The fourth-order valence-electron chi connectivity index (χ4n) is 2.91. The van der Waals surface area contributed by atoms with Gasteiger partial charge in [0.15, 0.2) is 11.5 Å². The zero-order valence-corrected chi connectivity index (χ0v) is 18.2. The molecule has 0 aliphatic rings. The molecule has 2 rings (SSSR count). The zero-order valence-electron chi connectivity index (χ0n) is 18.2. The lowest BCUT2D eigenvalue weighted by Gasteiger charge is -2.11. The van der Waals surface area contributed by atoms with Crippen molar-refractivity contribution >= 4 is 12.1 Å². The van der Waals surface area contributed by atoms with E-state index in [1.807, 2.05) is 26.0 Å². The van der Waals surface area contributed by atoms with Crippen LogP contribution in [-0.4, -0.2) is 30.4 Å². The van der Waals surface area contributed by atoms with Crippen LogP contribution in [0.5, 0.6) is 11.5 Å². The lowest BCUT2D eigenvalue weighted by Crippen LogP contribution is -2.31. The predicted octanol–water partition coefficient (Wildman–Crippen LogP) is 4.16. The number of benzene rings is 1. The van der Waals surface area contributed by atoms with Crippen molar-refractivity contribution in [2.24, 2.45) is 5.10 Å². The van der Waals surface area contributed by atoms with Crippen molar-refractivity contribution in [2.75, 3.05) is 13.7 Å². The van der Waals surface area contributed by atoms with Gasteiger partial charge >= 0.3 is 0 Å². The number of carbonyl (C=O) groups excluding carboxylic acids is 1. The van der Waals surface area contributed by atoms with Crippen LogP contribution in [-0.2, 0) is 0 Å². The minimum Gasteiger partial charge on any atom is -0.493 e. The van der Waals surface area contributed by atoms with Crippen molar-refractivity contribution in [2.45, 2.75) is 52.5 Å². The van der Waals surface area contributed by atoms with Crippen molar-refractivity contribution in [1.82, 2.24) is 9.99 Å². The van der Waals surface area contributed by atoms with Crippen LogP contribution in [0.25, 0.3) is 0 Å². The molecule has 1 N–H and O–H groups in total. The maximum Gasteiger partial charge on any atom is 0.276 e. The molecule has 0 aliphatic heterocycles. The number of ether oxygens (including phenoxy) is 2. The Labute approximate surface area is 177 Å². The fourth-order valence-corrected chi connectivity index (χ4v) is 2.91. The minimum absolute atomic E-state index is 0.0337. The molecule has 7 nitrogen and oxygen atoms in total. The fraction of sp³-hybridized carbons (Fsp3) is 0.435. The first kappa shape index (κ1) is 23.2. The van der Waals surface area contributed by atoms with Crippen LogP contribution in [0.15, 0.2) is 46.4 Å². The van der Waals surface area contributed by atoms with Gasteiger partial charge in [0.1, 0.15) is 5.56 Å². The van der Waals surface area contributed by atoms with E-state index in [9.17, 15) is 9.59 Å². The van der Waals surface area contributed by atoms with E-state index in [-0.39, 0.29) is 17.2 Å². The van der Waals surface area contributed by atoms with E-state index in [4.69, 9.17) is 9.47 Å². The van der Waals surface area contributed by atoms with E-state index in [0.717, 1.165) is 18.4 Å². The Morgan fingerprint density at radius 3 is 2.70 bits per heavy atom. The monoisotopic (exact) mass is 413 g/mol. The molecule has 0 unspecified atom stereocenters. The number of unbranched alkanes of at least 4 members (excludes halogenated alkanes) is 3. The molecule has 0 spiro atoms. The summed E-state index contributed by atoms with van der Waals surface area (Å²) in [6, 6.07) is 8.56. The molecule has 0 fully saturated rings. The largest absolute Gasteiger partial charge is 0.493 e. The van der Waals surface area contributed by atoms with Crippen molar-refractivity contribution in [1.29, 1.82) is 0 Å². The molecule has 1 amide bonds. The molecule has 0 radical (unpaired) electrons. The van der Waals surface area contributed by atoms with Crippen LogP contribution in [0, 0.1) is 0 Å². The highest BCUT2D eigenvalue weighted by Gasteiger charge is 2.12. The van der Waals surface area contributed by atoms with Gasteiger partial charge in [0, 0.05) is 12.2 Å². The SMILES string of the molecule is CCCCCCOc1ccc(/C=N\NC(=O)c2cccn(C(C)C)c2=O)cc1OC. The number of methoxy groups -OCH3 is 1. The minimum atomic E-state index is -0.551. The van der Waals surface area contributed by atoms with E-state index in [1.165, 1.54) is 29.7 Å². The molecule has 2 aromatic rings. The molecule has 0 saturated heterocycles. The first-order valence-corrected chi connectivity index (χ1v) is 10.3. The van der Waals surface area contributed by atoms with Crippen LogP contribution in [0.4, 0.5) is 0 Å². The maximum atomic E-state index is 12.4. The molecule has 162 valence electrons. The Bertz CT molecular complexity index is 919. The third-order valence-electron chi connectivity index (χ3n) is 4.60. The van der Waals surface area contributed by atoms with Crippen LogP contribution >= 0.6 is 0 Å². The second-order valence-electron chi connectivity index (χ2n) is 7.25. The Morgan fingerprint density at radius 2 is 2.00 bits per heavy atom. The summed E-state index contributed by atoms with van der Waals surface area (Å²) in [4.78, 5) is 24.7. The van der Waals surface area contributed by atoms with Gasteiger partial charge in [0.2, 0.25) is 0 Å². The molecular formula is C23H31N3O4. The van der Waals surface area contributed by atoms with Gasteiger partial charge in [-0.05, 0) is 56.2 Å². The van der Waals surface area contributed by atoms with E-state index in [0.29, 0.717) is 18.1 Å². The molecule has 0 atom stereocenters. The van der Waals surface area contributed by atoms with Gasteiger partial charge in [-0.2, -0.15) is 5.10 Å². The first-order chi connectivity index (χ1) is 14.5. The summed E-state index contributed by atoms with van der Waals surface area (Å²) in [5.74, 6) is 0.725. The van der Waals surface area contributed by atoms with E-state index >= 15 is 0 Å². The summed E-state index contributed by atoms with van der Waals surface area (Å²) in [6.45, 7) is 6.58. The van der Waals surface area contributed by atoms with Crippen LogP contribution in [0.3, 0.4) is 0 Å². The molecule has 1 aromatic heterocycles. The molecule has 7 heteroatoms. The first-order valence-electron chi connectivity index (χ1n) is 10.3. The van der Waals surface area contributed by atoms with Gasteiger partial charge in [-0.15, -0.1) is 0 Å². The van der Waals surface area contributed by atoms with E-state index < -0.39 is 5.91 Å². The van der Waals surface area contributed by atoms with Gasteiger partial charge in [0.05, 0.1) is 19.9 Å². The van der Waals surface area contributed by atoms with Gasteiger partial charge in [-0.3, -0.25) is 9.59 Å². The number of amides is 1. The maximum absolute atomic E-state index is 12.4. The quantitative estimate of drug-likeness (QED) is 0.341. The topological polar surface area (TPSA) is 81.9 Å². The van der Waals surface area contributed by atoms with Crippen LogP contribution in [0.1, 0.15) is 68.4 Å². The van der Waals surface area contributed by atoms with Crippen LogP contribution < -0.4 is 20.5 Å². The van der Waals surface area contributed by atoms with Gasteiger partial charge in [-0.25, -0.2) is 5.43 Å². The second kappa shape index (κ2) is 11.8. The van der Waals surface area contributed by atoms with Gasteiger partial charge in [0.25, 0.3) is 11.5 Å². The molecule has 1 heterocycles. The highest BCUT2D eigenvalue weighted by molar-refractivity contribution is 5.94. The van der Waals surface area contributed by atoms with Crippen molar-refractivity contribution < 1.29 is 14.3 Å². The molecule has 0 saturated carbocycles.